The van der Waals surface area contributed by atoms with Crippen molar-refractivity contribution in [3.63, 3.8) is 0 Å². The lowest BCUT2D eigenvalue weighted by Crippen LogP contribution is -2.15. The first-order valence-corrected chi connectivity index (χ1v) is 4.70. The third-order valence-corrected chi connectivity index (χ3v) is 1.98. The molecule has 1 rings (SSSR count). The molecule has 0 unspecified atom stereocenters. The van der Waals surface area contributed by atoms with Gasteiger partial charge in [0.05, 0.1) is 11.0 Å². The Kier molecular flexibility index (Phi) is 3.93. The number of primary amides is 1. The third-order valence-electron chi connectivity index (χ3n) is 1.98. The van der Waals surface area contributed by atoms with Gasteiger partial charge in [-0.2, -0.15) is 5.26 Å². The van der Waals surface area contributed by atoms with E-state index in [9.17, 15) is 19.7 Å². The molecule has 0 spiro atoms. The summed E-state index contributed by atoms with van der Waals surface area (Å²) in [5, 5.41) is 21.3. The van der Waals surface area contributed by atoms with Crippen molar-refractivity contribution in [2.45, 2.75) is 6.42 Å². The first kappa shape index (κ1) is 13.1. The maximum Gasteiger partial charge on any atom is 0.284 e. The van der Waals surface area contributed by atoms with E-state index in [2.05, 4.69) is 5.32 Å². The summed E-state index contributed by atoms with van der Waals surface area (Å²) in [6.45, 7) is 0. The molecular weight excluding hydrogens is 240 g/mol. The second-order valence-corrected chi connectivity index (χ2v) is 3.24. The number of nitrogens with two attached hydrogens (primary N) is 1. The smallest absolute Gasteiger partial charge is 0.284 e. The van der Waals surface area contributed by atoms with Crippen LogP contribution in [0.4, 0.5) is 11.4 Å². The molecule has 0 atom stereocenters. The maximum atomic E-state index is 11.1. The van der Waals surface area contributed by atoms with Crippen LogP contribution in [-0.4, -0.2) is 16.7 Å². The van der Waals surface area contributed by atoms with Crippen LogP contribution in [0.15, 0.2) is 18.2 Å². The summed E-state index contributed by atoms with van der Waals surface area (Å²) < 4.78 is 0. The van der Waals surface area contributed by atoms with E-state index in [1.54, 1.807) is 6.07 Å². The highest BCUT2D eigenvalue weighted by Crippen LogP contribution is 2.22. The molecule has 0 fully saturated rings. The largest absolute Gasteiger partial charge is 0.365 e. The van der Waals surface area contributed by atoms with Gasteiger partial charge in [0.2, 0.25) is 5.91 Å². The molecule has 92 valence electrons. The standard InChI is InChI=1S/C10H8N4O4/c11-4-3-9(15)13-6-1-2-7(10(12)16)8(5-6)14(17)18/h1-2,5H,3H2,(H2,12,16)(H,13,15). The number of carbonyl (C=O) groups excluding carboxylic acids is 2. The summed E-state index contributed by atoms with van der Waals surface area (Å²) in [5.41, 5.74) is 4.34. The fraction of sp³-hybridized carbons (Fsp3) is 0.100. The second kappa shape index (κ2) is 5.40. The molecular formula is C10H8N4O4. The molecule has 0 saturated heterocycles. The monoisotopic (exact) mass is 248 g/mol. The summed E-state index contributed by atoms with van der Waals surface area (Å²) in [5.74, 6) is -1.53. The van der Waals surface area contributed by atoms with Gasteiger partial charge in [0.1, 0.15) is 12.0 Å². The van der Waals surface area contributed by atoms with Crippen LogP contribution in [-0.2, 0) is 4.79 Å². The Balaban J connectivity index is 3.08. The summed E-state index contributed by atoms with van der Waals surface area (Å²) >= 11 is 0. The molecule has 0 aromatic heterocycles. The summed E-state index contributed by atoms with van der Waals surface area (Å²) in [7, 11) is 0. The van der Waals surface area contributed by atoms with Crippen molar-refractivity contribution in [3.05, 3.63) is 33.9 Å². The van der Waals surface area contributed by atoms with Crippen LogP contribution in [0.5, 0.6) is 0 Å². The minimum atomic E-state index is -0.934. The van der Waals surface area contributed by atoms with E-state index in [0.29, 0.717) is 0 Å². The molecule has 8 heteroatoms. The summed E-state index contributed by atoms with van der Waals surface area (Å²) in [4.78, 5) is 32.0. The fourth-order valence-corrected chi connectivity index (χ4v) is 1.25. The highest BCUT2D eigenvalue weighted by molar-refractivity contribution is 5.99. The molecule has 0 aliphatic carbocycles. The van der Waals surface area contributed by atoms with E-state index >= 15 is 0 Å². The zero-order chi connectivity index (χ0) is 13.7. The van der Waals surface area contributed by atoms with Gasteiger partial charge in [0.25, 0.3) is 11.6 Å². The molecule has 18 heavy (non-hydrogen) atoms. The lowest BCUT2D eigenvalue weighted by Gasteiger charge is -2.04. The first-order chi connectivity index (χ1) is 8.45. The first-order valence-electron chi connectivity index (χ1n) is 4.70. The van der Waals surface area contributed by atoms with Crippen molar-refractivity contribution in [2.24, 2.45) is 5.73 Å². The predicted octanol–water partition coefficient (Wildman–Crippen LogP) is 0.546. The van der Waals surface area contributed by atoms with Gasteiger partial charge in [-0.3, -0.25) is 19.7 Å². The molecule has 0 saturated carbocycles. The summed E-state index contributed by atoms with van der Waals surface area (Å²) in [6.07, 6.45) is -0.370. The summed E-state index contributed by atoms with van der Waals surface area (Å²) in [6, 6.07) is 5.08. The second-order valence-electron chi connectivity index (χ2n) is 3.24. The van der Waals surface area contributed by atoms with Crippen LogP contribution in [0, 0.1) is 21.4 Å². The van der Waals surface area contributed by atoms with Gasteiger partial charge in [-0.05, 0) is 12.1 Å². The number of hydrogen-bond acceptors (Lipinski definition) is 5. The zero-order valence-electron chi connectivity index (χ0n) is 9.04. The molecule has 0 aliphatic rings. The Hall–Kier alpha value is -2.95. The lowest BCUT2D eigenvalue weighted by molar-refractivity contribution is -0.385. The number of nitriles is 1. The number of carbonyl (C=O) groups is 2. The van der Waals surface area contributed by atoms with Gasteiger partial charge in [0, 0.05) is 11.8 Å². The molecule has 1 aromatic carbocycles. The zero-order valence-corrected chi connectivity index (χ0v) is 9.04. The topological polar surface area (TPSA) is 139 Å². The highest BCUT2D eigenvalue weighted by Gasteiger charge is 2.19. The SMILES string of the molecule is N#CCC(=O)Nc1ccc(C(N)=O)c([N+](=O)[O-])c1. The number of hydrogen-bond donors (Lipinski definition) is 2. The van der Waals surface area contributed by atoms with Crippen molar-refractivity contribution < 1.29 is 14.5 Å². The molecule has 0 radical (unpaired) electrons. The molecule has 8 nitrogen and oxygen atoms in total. The Morgan fingerprint density at radius 3 is 2.67 bits per heavy atom. The number of anilines is 1. The van der Waals surface area contributed by atoms with E-state index in [1.807, 2.05) is 0 Å². The molecule has 0 aliphatic heterocycles. The Morgan fingerprint density at radius 2 is 2.17 bits per heavy atom. The van der Waals surface area contributed by atoms with Gasteiger partial charge in [-0.25, -0.2) is 0 Å². The number of nitrogens with one attached hydrogen (secondary N) is 1. The van der Waals surface area contributed by atoms with E-state index in [-0.39, 0.29) is 17.7 Å². The van der Waals surface area contributed by atoms with Crippen molar-refractivity contribution in [3.8, 4) is 6.07 Å². The van der Waals surface area contributed by atoms with Gasteiger partial charge < -0.3 is 11.1 Å². The van der Waals surface area contributed by atoms with Gasteiger partial charge in [-0.1, -0.05) is 0 Å². The van der Waals surface area contributed by atoms with Crippen molar-refractivity contribution >= 4 is 23.2 Å². The number of rotatable bonds is 4. The molecule has 1 aromatic rings. The Morgan fingerprint density at radius 1 is 1.50 bits per heavy atom. The van der Waals surface area contributed by atoms with Crippen LogP contribution in [0.2, 0.25) is 0 Å². The van der Waals surface area contributed by atoms with Crippen LogP contribution < -0.4 is 11.1 Å². The Bertz CT molecular complexity index is 561. The fourth-order valence-electron chi connectivity index (χ4n) is 1.25. The van der Waals surface area contributed by atoms with Crippen molar-refractivity contribution in [1.82, 2.24) is 0 Å². The van der Waals surface area contributed by atoms with Crippen LogP contribution >= 0.6 is 0 Å². The molecule has 0 bridgehead atoms. The quantitative estimate of drug-likeness (QED) is 0.591. The maximum absolute atomic E-state index is 11.1. The van der Waals surface area contributed by atoms with E-state index in [0.717, 1.165) is 12.1 Å². The van der Waals surface area contributed by atoms with E-state index in [1.165, 1.54) is 6.07 Å². The minimum absolute atomic E-state index is 0.118. The Labute approximate surface area is 101 Å². The van der Waals surface area contributed by atoms with Crippen LogP contribution in [0.3, 0.4) is 0 Å². The van der Waals surface area contributed by atoms with Gasteiger partial charge >= 0.3 is 0 Å². The molecule has 0 heterocycles. The van der Waals surface area contributed by atoms with Gasteiger partial charge in [-0.15, -0.1) is 0 Å². The van der Waals surface area contributed by atoms with Crippen molar-refractivity contribution in [1.29, 1.82) is 5.26 Å². The minimum Gasteiger partial charge on any atom is -0.365 e. The number of benzene rings is 1. The average Bonchev–Trinajstić information content (AvgIpc) is 2.28. The number of nitrogens with zero attached hydrogens (tertiary/aromatic N) is 2. The van der Waals surface area contributed by atoms with E-state index in [4.69, 9.17) is 11.0 Å². The third kappa shape index (κ3) is 3.02. The van der Waals surface area contributed by atoms with E-state index < -0.39 is 22.4 Å². The molecule has 2 amide bonds. The van der Waals surface area contributed by atoms with Crippen molar-refractivity contribution in [2.75, 3.05) is 5.32 Å². The molecule has 3 N–H and O–H groups in total. The van der Waals surface area contributed by atoms with Crippen LogP contribution in [0.1, 0.15) is 16.8 Å². The number of nitro benzene ring substituents is 1. The normalized spacial score (nSPS) is 9.28. The average molecular weight is 248 g/mol. The highest BCUT2D eigenvalue weighted by atomic mass is 16.6. The number of nitro groups is 1. The lowest BCUT2D eigenvalue weighted by atomic mass is 10.1. The number of amides is 2. The van der Waals surface area contributed by atoms with Gasteiger partial charge in [0.15, 0.2) is 0 Å². The predicted molar refractivity (Wildman–Crippen MR) is 60.5 cm³/mol. The van der Waals surface area contributed by atoms with Crippen LogP contribution in [0.25, 0.3) is 0 Å².